The number of nitrogens with zero attached hydrogens (tertiary/aromatic N) is 3. The van der Waals surface area contributed by atoms with Crippen molar-refractivity contribution in [2.45, 2.75) is 44.9 Å². The van der Waals surface area contributed by atoms with Crippen molar-refractivity contribution >= 4 is 11.6 Å². The van der Waals surface area contributed by atoms with Crippen LogP contribution in [0.25, 0.3) is 0 Å². The maximum atomic E-state index is 12.9. The van der Waals surface area contributed by atoms with E-state index in [2.05, 4.69) is 32.9 Å². The molecule has 2 fully saturated rings. The minimum atomic E-state index is 0.239. The van der Waals surface area contributed by atoms with E-state index in [4.69, 9.17) is 0 Å². The highest BCUT2D eigenvalue weighted by molar-refractivity contribution is 5.97. The number of likely N-dealkylation sites (tertiary alicyclic amines) is 1. The fourth-order valence-corrected chi connectivity index (χ4v) is 4.53. The number of amides is 1. The third-order valence-corrected chi connectivity index (χ3v) is 6.11. The van der Waals surface area contributed by atoms with Gasteiger partial charge in [-0.1, -0.05) is 6.42 Å². The van der Waals surface area contributed by atoms with Crippen molar-refractivity contribution in [2.75, 3.05) is 50.7 Å². The molecule has 25 heavy (non-hydrogen) atoms. The standard InChI is InChI=1S/C21H31N3O/c25-21-20-8-7-19(23-12-5-2-6-13-23)17-18(20)9-14-24(21)16-15-22-10-3-1-4-11-22/h7-8,17H,1-6,9-16H2. The van der Waals surface area contributed by atoms with Crippen LogP contribution < -0.4 is 4.90 Å². The van der Waals surface area contributed by atoms with Crippen molar-refractivity contribution < 1.29 is 4.79 Å². The van der Waals surface area contributed by atoms with Crippen LogP contribution in [0.5, 0.6) is 0 Å². The highest BCUT2D eigenvalue weighted by atomic mass is 16.2. The van der Waals surface area contributed by atoms with Gasteiger partial charge in [-0.05, 0) is 75.4 Å². The summed E-state index contributed by atoms with van der Waals surface area (Å²) in [4.78, 5) is 19.9. The number of benzene rings is 1. The lowest BCUT2D eigenvalue weighted by atomic mass is 9.97. The van der Waals surface area contributed by atoms with Crippen molar-refractivity contribution in [1.29, 1.82) is 0 Å². The number of piperidine rings is 2. The molecule has 0 spiro atoms. The molecule has 0 unspecified atom stereocenters. The van der Waals surface area contributed by atoms with Gasteiger partial charge in [0.2, 0.25) is 0 Å². The van der Waals surface area contributed by atoms with Crippen molar-refractivity contribution in [2.24, 2.45) is 0 Å². The van der Waals surface area contributed by atoms with Crippen LogP contribution in [0.15, 0.2) is 18.2 Å². The molecular formula is C21H31N3O. The Morgan fingerprint density at radius 1 is 0.800 bits per heavy atom. The summed E-state index contributed by atoms with van der Waals surface area (Å²) in [6, 6.07) is 6.52. The van der Waals surface area contributed by atoms with E-state index in [0.717, 1.165) is 44.7 Å². The third kappa shape index (κ3) is 3.84. The third-order valence-electron chi connectivity index (χ3n) is 6.11. The van der Waals surface area contributed by atoms with Crippen LogP contribution in [-0.2, 0) is 6.42 Å². The number of rotatable bonds is 4. The Morgan fingerprint density at radius 2 is 1.52 bits per heavy atom. The zero-order valence-electron chi connectivity index (χ0n) is 15.4. The Hall–Kier alpha value is -1.55. The zero-order chi connectivity index (χ0) is 17.1. The van der Waals surface area contributed by atoms with E-state index in [1.54, 1.807) is 0 Å². The lowest BCUT2D eigenvalue weighted by Crippen LogP contribution is -2.43. The molecule has 0 bridgehead atoms. The smallest absolute Gasteiger partial charge is 0.254 e. The molecule has 0 radical (unpaired) electrons. The molecular weight excluding hydrogens is 310 g/mol. The Balaban J connectivity index is 1.39. The highest BCUT2D eigenvalue weighted by Crippen LogP contribution is 2.26. The van der Waals surface area contributed by atoms with E-state index >= 15 is 0 Å². The van der Waals surface area contributed by atoms with Gasteiger partial charge in [-0.3, -0.25) is 4.79 Å². The molecule has 0 aromatic heterocycles. The van der Waals surface area contributed by atoms with Gasteiger partial charge in [-0.2, -0.15) is 0 Å². The first kappa shape index (κ1) is 16.9. The topological polar surface area (TPSA) is 26.8 Å². The Bertz CT molecular complexity index is 603. The summed E-state index contributed by atoms with van der Waals surface area (Å²) in [5.41, 5.74) is 3.50. The summed E-state index contributed by atoms with van der Waals surface area (Å²) in [5.74, 6) is 0.239. The van der Waals surface area contributed by atoms with Crippen molar-refractivity contribution in [3.05, 3.63) is 29.3 Å². The summed E-state index contributed by atoms with van der Waals surface area (Å²) in [5, 5.41) is 0. The maximum Gasteiger partial charge on any atom is 0.254 e. The summed E-state index contributed by atoms with van der Waals surface area (Å²) in [6.07, 6.45) is 8.94. The summed E-state index contributed by atoms with van der Waals surface area (Å²) < 4.78 is 0. The Morgan fingerprint density at radius 3 is 2.28 bits per heavy atom. The number of fused-ring (bicyclic) bond motifs is 1. The Labute approximate surface area is 151 Å². The molecule has 0 aliphatic carbocycles. The van der Waals surface area contributed by atoms with Crippen LogP contribution in [0.1, 0.15) is 54.4 Å². The number of hydrogen-bond acceptors (Lipinski definition) is 3. The van der Waals surface area contributed by atoms with E-state index in [0.29, 0.717) is 0 Å². The number of hydrogen-bond donors (Lipinski definition) is 0. The molecule has 3 aliphatic rings. The van der Waals surface area contributed by atoms with Gasteiger partial charge in [0.1, 0.15) is 0 Å². The molecule has 4 rings (SSSR count). The molecule has 0 atom stereocenters. The summed E-state index contributed by atoms with van der Waals surface area (Å²) >= 11 is 0. The monoisotopic (exact) mass is 341 g/mol. The molecule has 2 saturated heterocycles. The summed E-state index contributed by atoms with van der Waals surface area (Å²) in [7, 11) is 0. The van der Waals surface area contributed by atoms with Gasteiger partial charge in [0.15, 0.2) is 0 Å². The van der Waals surface area contributed by atoms with Crippen LogP contribution in [0.4, 0.5) is 5.69 Å². The molecule has 1 aromatic carbocycles. The quantitative estimate of drug-likeness (QED) is 0.842. The molecule has 1 aromatic rings. The molecule has 3 heterocycles. The number of carbonyl (C=O) groups excluding carboxylic acids is 1. The average Bonchev–Trinajstić information content (AvgIpc) is 2.69. The molecule has 0 N–H and O–H groups in total. The first-order chi connectivity index (χ1) is 12.3. The van der Waals surface area contributed by atoms with Gasteiger partial charge in [0, 0.05) is 44.0 Å². The van der Waals surface area contributed by atoms with Crippen LogP contribution in [0.2, 0.25) is 0 Å². The van der Waals surface area contributed by atoms with Gasteiger partial charge in [-0.15, -0.1) is 0 Å². The fraction of sp³-hybridized carbons (Fsp3) is 0.667. The van der Waals surface area contributed by atoms with Gasteiger partial charge < -0.3 is 14.7 Å². The average molecular weight is 341 g/mol. The molecule has 0 saturated carbocycles. The zero-order valence-corrected chi connectivity index (χ0v) is 15.4. The molecule has 3 aliphatic heterocycles. The van der Waals surface area contributed by atoms with Crippen molar-refractivity contribution in [3.8, 4) is 0 Å². The van der Waals surface area contributed by atoms with Crippen molar-refractivity contribution in [3.63, 3.8) is 0 Å². The van der Waals surface area contributed by atoms with E-state index in [1.807, 2.05) is 0 Å². The minimum Gasteiger partial charge on any atom is -0.372 e. The second-order valence-electron chi connectivity index (χ2n) is 7.83. The van der Waals surface area contributed by atoms with Gasteiger partial charge in [-0.25, -0.2) is 0 Å². The largest absolute Gasteiger partial charge is 0.372 e. The predicted octanol–water partition coefficient (Wildman–Crippen LogP) is 3.16. The minimum absolute atomic E-state index is 0.239. The molecule has 4 nitrogen and oxygen atoms in total. The lowest BCUT2D eigenvalue weighted by Gasteiger charge is -2.34. The fourth-order valence-electron chi connectivity index (χ4n) is 4.53. The normalized spacial score (nSPS) is 22.2. The van der Waals surface area contributed by atoms with Crippen LogP contribution in [-0.4, -0.2) is 61.5 Å². The van der Waals surface area contributed by atoms with E-state index in [1.165, 1.54) is 62.9 Å². The highest BCUT2D eigenvalue weighted by Gasteiger charge is 2.25. The molecule has 4 heteroatoms. The van der Waals surface area contributed by atoms with Crippen LogP contribution in [0, 0.1) is 0 Å². The number of carbonyl (C=O) groups is 1. The first-order valence-electron chi connectivity index (χ1n) is 10.2. The second-order valence-corrected chi connectivity index (χ2v) is 7.83. The Kier molecular flexibility index (Phi) is 5.25. The van der Waals surface area contributed by atoms with Gasteiger partial charge in [0.05, 0.1) is 0 Å². The van der Waals surface area contributed by atoms with Crippen molar-refractivity contribution in [1.82, 2.24) is 9.80 Å². The van der Waals surface area contributed by atoms with Crippen LogP contribution in [0.3, 0.4) is 0 Å². The van der Waals surface area contributed by atoms with Crippen LogP contribution >= 0.6 is 0 Å². The maximum absolute atomic E-state index is 12.9. The number of anilines is 1. The molecule has 136 valence electrons. The summed E-state index contributed by atoms with van der Waals surface area (Å²) in [6.45, 7) is 7.53. The van der Waals surface area contributed by atoms with Gasteiger partial charge >= 0.3 is 0 Å². The van der Waals surface area contributed by atoms with E-state index in [-0.39, 0.29) is 5.91 Å². The second kappa shape index (κ2) is 7.77. The first-order valence-corrected chi connectivity index (χ1v) is 10.2. The SMILES string of the molecule is O=C1c2ccc(N3CCCCC3)cc2CCN1CCN1CCCCC1. The molecule has 1 amide bonds. The predicted molar refractivity (Wildman–Crippen MR) is 102 cm³/mol. The van der Waals surface area contributed by atoms with E-state index < -0.39 is 0 Å². The van der Waals surface area contributed by atoms with E-state index in [9.17, 15) is 4.79 Å². The lowest BCUT2D eigenvalue weighted by molar-refractivity contribution is 0.0713. The van der Waals surface area contributed by atoms with Gasteiger partial charge in [0.25, 0.3) is 5.91 Å².